The summed E-state index contributed by atoms with van der Waals surface area (Å²) in [4.78, 5) is 19.3. The lowest BCUT2D eigenvalue weighted by molar-refractivity contribution is 0.281. The highest BCUT2D eigenvalue weighted by Crippen LogP contribution is 2.42. The molecule has 0 fully saturated rings. The number of thioether (sulfide) groups is 1. The molecule has 146 valence electrons. The first-order valence-corrected chi connectivity index (χ1v) is 10.2. The van der Waals surface area contributed by atoms with E-state index < -0.39 is 5.82 Å². The van der Waals surface area contributed by atoms with E-state index in [2.05, 4.69) is 19.9 Å². The van der Waals surface area contributed by atoms with Crippen molar-refractivity contribution in [2.45, 2.75) is 31.1 Å². The summed E-state index contributed by atoms with van der Waals surface area (Å²) >= 11 is 7.30. The maximum atomic E-state index is 14.8. The molecule has 4 heterocycles. The molecule has 1 aliphatic rings. The van der Waals surface area contributed by atoms with Crippen LogP contribution in [0.2, 0.25) is 5.15 Å². The molecule has 0 aliphatic carbocycles. The highest BCUT2D eigenvalue weighted by atomic mass is 35.5. The van der Waals surface area contributed by atoms with E-state index in [4.69, 9.17) is 22.1 Å². The lowest BCUT2D eigenvalue weighted by atomic mass is 10.1. The number of anilines is 2. The van der Waals surface area contributed by atoms with Gasteiger partial charge in [0, 0.05) is 11.8 Å². The van der Waals surface area contributed by atoms with Gasteiger partial charge in [-0.3, -0.25) is 0 Å². The Bertz CT molecular complexity index is 1070. The number of halogens is 2. The van der Waals surface area contributed by atoms with E-state index in [1.54, 1.807) is 6.20 Å². The molecule has 4 rings (SSSR count). The van der Waals surface area contributed by atoms with Crippen LogP contribution in [-0.4, -0.2) is 38.8 Å². The van der Waals surface area contributed by atoms with E-state index in [-0.39, 0.29) is 28.6 Å². The standard InChI is InChI=1S/C18H18ClFN6OS/c1-8-7-27-17-11-13(12(20)14(19)24-17)23-18(28-3)25-16(11)26(8)9(2)10-5-4-6-22-15(10)21/h4-6,8-9H,7H2,1-3H3,(H2,21,22)/t8-,9?/m0/s1. The number of nitrogens with two attached hydrogens (primary N) is 1. The van der Waals surface area contributed by atoms with Crippen molar-refractivity contribution >= 4 is 45.9 Å². The van der Waals surface area contributed by atoms with Crippen LogP contribution in [0.15, 0.2) is 23.5 Å². The Hall–Kier alpha value is -2.39. The Morgan fingerprint density at radius 1 is 1.39 bits per heavy atom. The first-order chi connectivity index (χ1) is 13.4. The number of hydrogen-bond acceptors (Lipinski definition) is 8. The minimum atomic E-state index is -0.689. The fourth-order valence-corrected chi connectivity index (χ4v) is 3.97. The van der Waals surface area contributed by atoms with Gasteiger partial charge in [0.15, 0.2) is 16.1 Å². The predicted octanol–water partition coefficient (Wildman–Crippen LogP) is 3.86. The maximum Gasteiger partial charge on any atom is 0.228 e. The van der Waals surface area contributed by atoms with Crippen LogP contribution >= 0.6 is 23.4 Å². The van der Waals surface area contributed by atoms with Crippen LogP contribution < -0.4 is 15.4 Å². The van der Waals surface area contributed by atoms with Crippen molar-refractivity contribution < 1.29 is 9.13 Å². The predicted molar refractivity (Wildman–Crippen MR) is 109 cm³/mol. The summed E-state index contributed by atoms with van der Waals surface area (Å²) in [6.07, 6.45) is 3.48. The second-order valence-corrected chi connectivity index (χ2v) is 7.63. The summed E-state index contributed by atoms with van der Waals surface area (Å²) in [5.74, 6) is 0.507. The Morgan fingerprint density at radius 3 is 2.89 bits per heavy atom. The van der Waals surface area contributed by atoms with Crippen molar-refractivity contribution in [2.24, 2.45) is 0 Å². The van der Waals surface area contributed by atoms with E-state index >= 15 is 0 Å². The highest BCUT2D eigenvalue weighted by molar-refractivity contribution is 7.98. The Morgan fingerprint density at radius 2 is 2.18 bits per heavy atom. The molecule has 3 aromatic rings. The quantitative estimate of drug-likeness (QED) is 0.388. The SMILES string of the molecule is CSc1nc2c3c(nc(Cl)c(F)c3n1)OC[C@H](C)N2C(C)c1cccnc1N. The summed E-state index contributed by atoms with van der Waals surface area (Å²) in [6.45, 7) is 4.32. The lowest BCUT2D eigenvalue weighted by Crippen LogP contribution is -2.39. The van der Waals surface area contributed by atoms with E-state index in [1.807, 2.05) is 37.1 Å². The molecule has 0 amide bonds. The average Bonchev–Trinajstić information content (AvgIpc) is 2.82. The van der Waals surface area contributed by atoms with Crippen LogP contribution in [0.3, 0.4) is 0 Å². The normalized spacial score (nSPS) is 17.3. The van der Waals surface area contributed by atoms with E-state index in [0.29, 0.717) is 28.8 Å². The highest BCUT2D eigenvalue weighted by Gasteiger charge is 2.33. The molecule has 7 nitrogen and oxygen atoms in total. The number of rotatable bonds is 3. The molecule has 28 heavy (non-hydrogen) atoms. The van der Waals surface area contributed by atoms with Crippen LogP contribution in [0.1, 0.15) is 25.5 Å². The summed E-state index contributed by atoms with van der Waals surface area (Å²) in [5.41, 5.74) is 7.05. The third kappa shape index (κ3) is 2.98. The third-order valence-corrected chi connectivity index (χ3v) is 5.57. The van der Waals surface area contributed by atoms with Gasteiger partial charge in [-0.05, 0) is 26.2 Å². The molecule has 0 saturated heterocycles. The van der Waals surface area contributed by atoms with E-state index in [1.165, 1.54) is 11.8 Å². The van der Waals surface area contributed by atoms with Crippen molar-refractivity contribution in [3.63, 3.8) is 0 Å². The van der Waals surface area contributed by atoms with Gasteiger partial charge in [-0.2, -0.15) is 4.98 Å². The molecule has 1 unspecified atom stereocenters. The second-order valence-electron chi connectivity index (χ2n) is 6.50. The molecular weight excluding hydrogens is 403 g/mol. The first kappa shape index (κ1) is 18.9. The van der Waals surface area contributed by atoms with Gasteiger partial charge in [0.1, 0.15) is 29.1 Å². The van der Waals surface area contributed by atoms with Gasteiger partial charge >= 0.3 is 0 Å². The minimum absolute atomic E-state index is 0.0924. The van der Waals surface area contributed by atoms with Crippen LogP contribution in [0.4, 0.5) is 16.0 Å². The topological polar surface area (TPSA) is 90.0 Å². The Kier molecular flexibility index (Phi) is 4.88. The first-order valence-electron chi connectivity index (χ1n) is 8.64. The van der Waals surface area contributed by atoms with Crippen molar-refractivity contribution in [1.29, 1.82) is 0 Å². The molecule has 3 aromatic heterocycles. The van der Waals surface area contributed by atoms with Gasteiger partial charge in [0.25, 0.3) is 0 Å². The van der Waals surface area contributed by atoms with Gasteiger partial charge in [-0.25, -0.2) is 19.3 Å². The summed E-state index contributed by atoms with van der Waals surface area (Å²) in [5, 5.41) is 0.559. The monoisotopic (exact) mass is 420 g/mol. The van der Waals surface area contributed by atoms with Gasteiger partial charge in [-0.1, -0.05) is 29.4 Å². The number of hydrogen-bond donors (Lipinski definition) is 1. The Labute approximate surface area is 170 Å². The molecular formula is C18H18ClFN6OS. The van der Waals surface area contributed by atoms with Crippen LogP contribution in [0.25, 0.3) is 10.9 Å². The largest absolute Gasteiger partial charge is 0.475 e. The number of nitrogen functional groups attached to an aromatic ring is 1. The Balaban J connectivity index is 2.01. The zero-order valence-electron chi connectivity index (χ0n) is 15.5. The molecule has 0 spiro atoms. The van der Waals surface area contributed by atoms with Crippen molar-refractivity contribution in [2.75, 3.05) is 23.5 Å². The number of aromatic nitrogens is 4. The summed E-state index contributed by atoms with van der Waals surface area (Å²) < 4.78 is 20.6. The molecule has 0 saturated carbocycles. The zero-order valence-corrected chi connectivity index (χ0v) is 17.1. The van der Waals surface area contributed by atoms with Crippen LogP contribution in [-0.2, 0) is 0 Å². The number of nitrogens with zero attached hydrogens (tertiary/aromatic N) is 5. The molecule has 0 bridgehead atoms. The molecule has 1 aliphatic heterocycles. The maximum absolute atomic E-state index is 14.8. The van der Waals surface area contributed by atoms with E-state index in [0.717, 1.165) is 5.56 Å². The van der Waals surface area contributed by atoms with E-state index in [9.17, 15) is 4.39 Å². The second kappa shape index (κ2) is 7.21. The molecule has 2 atom stereocenters. The van der Waals surface area contributed by atoms with Crippen molar-refractivity contribution in [1.82, 2.24) is 19.9 Å². The van der Waals surface area contributed by atoms with Gasteiger partial charge in [-0.15, -0.1) is 0 Å². The van der Waals surface area contributed by atoms with Gasteiger partial charge < -0.3 is 15.4 Å². The molecule has 0 aromatic carbocycles. The third-order valence-electron chi connectivity index (χ3n) is 4.77. The minimum Gasteiger partial charge on any atom is -0.475 e. The summed E-state index contributed by atoms with van der Waals surface area (Å²) in [7, 11) is 0. The molecule has 0 radical (unpaired) electrons. The average molecular weight is 421 g/mol. The van der Waals surface area contributed by atoms with Gasteiger partial charge in [0.2, 0.25) is 5.88 Å². The smallest absolute Gasteiger partial charge is 0.228 e. The van der Waals surface area contributed by atoms with Crippen molar-refractivity contribution in [3.8, 4) is 5.88 Å². The van der Waals surface area contributed by atoms with Gasteiger partial charge in [0.05, 0.1) is 12.1 Å². The molecule has 10 heteroatoms. The summed E-state index contributed by atoms with van der Waals surface area (Å²) in [6, 6.07) is 3.46. The van der Waals surface area contributed by atoms with Crippen molar-refractivity contribution in [3.05, 3.63) is 34.9 Å². The van der Waals surface area contributed by atoms with Crippen LogP contribution in [0.5, 0.6) is 5.88 Å². The fourth-order valence-electron chi connectivity index (χ4n) is 3.45. The van der Waals surface area contributed by atoms with Crippen LogP contribution in [0, 0.1) is 5.82 Å². The lowest BCUT2D eigenvalue weighted by Gasteiger charge is -2.35. The molecule has 2 N–H and O–H groups in total. The zero-order chi connectivity index (χ0) is 20.0. The number of ether oxygens (including phenoxy) is 1. The number of pyridine rings is 2. The fraction of sp³-hybridized carbons (Fsp3) is 0.333.